The summed E-state index contributed by atoms with van der Waals surface area (Å²) in [7, 11) is 1.37. The van der Waals surface area contributed by atoms with Gasteiger partial charge in [0.1, 0.15) is 28.8 Å². The first-order valence-corrected chi connectivity index (χ1v) is 8.70. The molecule has 6 nitrogen and oxygen atoms in total. The number of nitriles is 1. The van der Waals surface area contributed by atoms with Gasteiger partial charge in [-0.1, -0.05) is 6.07 Å². The van der Waals surface area contributed by atoms with Crippen molar-refractivity contribution in [3.8, 4) is 22.9 Å². The third-order valence-corrected chi connectivity index (χ3v) is 4.47. The van der Waals surface area contributed by atoms with Crippen LogP contribution in [0.5, 0.6) is 5.75 Å². The lowest BCUT2D eigenvalue weighted by atomic mass is 9.98. The van der Waals surface area contributed by atoms with Crippen LogP contribution in [0, 0.1) is 18.3 Å². The summed E-state index contributed by atoms with van der Waals surface area (Å²) < 4.78 is 58.6. The number of alkyl halides is 4. The lowest BCUT2D eigenvalue weighted by Gasteiger charge is -2.14. The number of benzene rings is 1. The summed E-state index contributed by atoms with van der Waals surface area (Å²) in [6.45, 7) is 1.38. The highest BCUT2D eigenvalue weighted by molar-refractivity contribution is 5.71. The number of aromatic nitrogens is 3. The lowest BCUT2D eigenvalue weighted by Crippen LogP contribution is -2.13. The minimum atomic E-state index is -3.00. The molecule has 0 saturated carbocycles. The molecule has 156 valence electrons. The van der Waals surface area contributed by atoms with Crippen LogP contribution < -0.4 is 10.3 Å². The Labute approximate surface area is 168 Å². The minimum absolute atomic E-state index is 0.107. The smallest absolute Gasteiger partial charge is 0.282 e. The van der Waals surface area contributed by atoms with Crippen LogP contribution in [0.3, 0.4) is 0 Å². The van der Waals surface area contributed by atoms with E-state index in [4.69, 9.17) is 4.74 Å². The van der Waals surface area contributed by atoms with Crippen molar-refractivity contribution < 1.29 is 22.3 Å². The Hall–Kier alpha value is -3.61. The number of pyridine rings is 1. The number of methoxy groups -OCH3 is 1. The van der Waals surface area contributed by atoms with E-state index in [1.807, 2.05) is 6.07 Å². The number of aromatic amines is 1. The maximum Gasteiger partial charge on any atom is 0.282 e. The first-order valence-electron chi connectivity index (χ1n) is 8.70. The highest BCUT2D eigenvalue weighted by atomic mass is 19.3. The summed E-state index contributed by atoms with van der Waals surface area (Å²) in [5.74, 6) is 0.313. The molecule has 0 fully saturated rings. The predicted molar refractivity (Wildman–Crippen MR) is 99.7 cm³/mol. The van der Waals surface area contributed by atoms with Gasteiger partial charge in [0.2, 0.25) is 0 Å². The zero-order chi connectivity index (χ0) is 22.0. The molecular weight excluding hydrogens is 404 g/mol. The predicted octanol–water partition coefficient (Wildman–Crippen LogP) is 4.35. The lowest BCUT2D eigenvalue weighted by molar-refractivity contribution is 0.139. The third-order valence-electron chi connectivity index (χ3n) is 4.47. The average Bonchev–Trinajstić information content (AvgIpc) is 3.12. The number of halogens is 4. The Morgan fingerprint density at radius 1 is 1.20 bits per heavy atom. The van der Waals surface area contributed by atoms with Crippen molar-refractivity contribution >= 4 is 0 Å². The van der Waals surface area contributed by atoms with E-state index in [1.54, 1.807) is 31.2 Å². The third kappa shape index (κ3) is 4.05. The van der Waals surface area contributed by atoms with Crippen LogP contribution >= 0.6 is 0 Å². The van der Waals surface area contributed by atoms with Crippen molar-refractivity contribution in [2.75, 3.05) is 7.11 Å². The topological polar surface area (TPSA) is 83.7 Å². The normalized spacial score (nSPS) is 11.2. The zero-order valence-electron chi connectivity index (χ0n) is 15.9. The van der Waals surface area contributed by atoms with Gasteiger partial charge in [-0.05, 0) is 36.8 Å². The van der Waals surface area contributed by atoms with Crippen LogP contribution in [-0.2, 0) is 6.54 Å². The van der Waals surface area contributed by atoms with Crippen LogP contribution in [0.25, 0.3) is 11.1 Å². The number of aryl methyl sites for hydroxylation is 1. The van der Waals surface area contributed by atoms with Crippen molar-refractivity contribution in [1.82, 2.24) is 14.8 Å². The Bertz CT molecular complexity index is 1180. The van der Waals surface area contributed by atoms with Gasteiger partial charge in [-0.2, -0.15) is 10.4 Å². The molecule has 0 radical (unpaired) electrons. The second-order valence-electron chi connectivity index (χ2n) is 6.46. The summed E-state index contributed by atoms with van der Waals surface area (Å²) in [4.78, 5) is 14.6. The Balaban J connectivity index is 2.13. The quantitative estimate of drug-likeness (QED) is 0.601. The van der Waals surface area contributed by atoms with E-state index >= 15 is 0 Å². The number of nitrogens with one attached hydrogen (secondary N) is 1. The summed E-state index contributed by atoms with van der Waals surface area (Å²) >= 11 is 0. The number of rotatable bonds is 6. The Morgan fingerprint density at radius 2 is 1.93 bits per heavy atom. The van der Waals surface area contributed by atoms with Crippen LogP contribution in [0.1, 0.15) is 41.1 Å². The fraction of sp³-hybridized carbons (Fsp3) is 0.250. The average molecular weight is 420 g/mol. The van der Waals surface area contributed by atoms with Gasteiger partial charge in [-0.15, -0.1) is 0 Å². The summed E-state index contributed by atoms with van der Waals surface area (Å²) in [5.41, 5.74) is -0.355. The van der Waals surface area contributed by atoms with E-state index in [0.717, 1.165) is 4.68 Å². The molecule has 0 spiro atoms. The molecule has 0 aliphatic heterocycles. The van der Waals surface area contributed by atoms with Gasteiger partial charge in [0.25, 0.3) is 18.4 Å². The summed E-state index contributed by atoms with van der Waals surface area (Å²) in [5, 5.41) is 12.9. The van der Waals surface area contributed by atoms with E-state index in [2.05, 4.69) is 10.1 Å². The molecule has 30 heavy (non-hydrogen) atoms. The molecule has 0 unspecified atom stereocenters. The molecule has 2 heterocycles. The van der Waals surface area contributed by atoms with Crippen molar-refractivity contribution in [2.24, 2.45) is 0 Å². The number of nitrogens with zero attached hydrogens (tertiary/aromatic N) is 3. The molecule has 1 N–H and O–H groups in total. The zero-order valence-corrected chi connectivity index (χ0v) is 15.9. The number of ether oxygens (including phenoxy) is 1. The van der Waals surface area contributed by atoms with Crippen molar-refractivity contribution in [2.45, 2.75) is 26.3 Å². The molecular formula is C20H16F4N4O2. The van der Waals surface area contributed by atoms with Gasteiger partial charge < -0.3 is 9.72 Å². The van der Waals surface area contributed by atoms with E-state index in [-0.39, 0.29) is 12.1 Å². The maximum atomic E-state index is 13.3. The molecule has 3 rings (SSSR count). The molecule has 0 atom stereocenters. The first kappa shape index (κ1) is 21.1. The SMILES string of the molecule is COc1ccc(-c2cc(C)[nH]c(=O)c2C#N)cc1Cn1nc(C(F)F)cc1C(F)F. The molecule has 2 aromatic heterocycles. The van der Waals surface area contributed by atoms with E-state index in [0.29, 0.717) is 34.2 Å². The van der Waals surface area contributed by atoms with Crippen LogP contribution in [0.4, 0.5) is 17.6 Å². The molecule has 0 aliphatic rings. The minimum Gasteiger partial charge on any atom is -0.496 e. The molecule has 10 heteroatoms. The van der Waals surface area contributed by atoms with Crippen LogP contribution in [-0.4, -0.2) is 21.9 Å². The molecule has 0 amide bonds. The molecule has 0 aliphatic carbocycles. The summed E-state index contributed by atoms with van der Waals surface area (Å²) in [6, 6.07) is 8.83. The van der Waals surface area contributed by atoms with Gasteiger partial charge >= 0.3 is 0 Å². The molecule has 3 aromatic rings. The standard InChI is InChI=1S/C20H16F4N4O2/c1-10-5-13(14(8-25)20(29)26-10)11-3-4-17(30-2)12(6-11)9-28-16(19(23)24)7-15(27-28)18(21)22/h3-7,18-19H,9H2,1-2H3,(H,26,29). The van der Waals surface area contributed by atoms with E-state index < -0.39 is 29.8 Å². The molecule has 1 aromatic carbocycles. The second-order valence-corrected chi connectivity index (χ2v) is 6.46. The largest absolute Gasteiger partial charge is 0.496 e. The van der Waals surface area contributed by atoms with Crippen molar-refractivity contribution in [3.05, 3.63) is 68.9 Å². The van der Waals surface area contributed by atoms with Gasteiger partial charge in [0.15, 0.2) is 0 Å². The second kappa shape index (κ2) is 8.41. The van der Waals surface area contributed by atoms with Gasteiger partial charge in [-0.25, -0.2) is 17.6 Å². The fourth-order valence-corrected chi connectivity index (χ4v) is 3.12. The van der Waals surface area contributed by atoms with Crippen molar-refractivity contribution in [1.29, 1.82) is 5.26 Å². The number of hydrogen-bond acceptors (Lipinski definition) is 4. The van der Waals surface area contributed by atoms with Gasteiger partial charge in [-0.3, -0.25) is 9.48 Å². The van der Waals surface area contributed by atoms with Crippen LogP contribution in [0.2, 0.25) is 0 Å². The van der Waals surface area contributed by atoms with Gasteiger partial charge in [0, 0.05) is 16.8 Å². The number of H-pyrrole nitrogens is 1. The van der Waals surface area contributed by atoms with E-state index in [9.17, 15) is 27.6 Å². The van der Waals surface area contributed by atoms with Gasteiger partial charge in [0.05, 0.1) is 13.7 Å². The molecule has 0 saturated heterocycles. The molecule has 0 bridgehead atoms. The highest BCUT2D eigenvalue weighted by Gasteiger charge is 2.22. The van der Waals surface area contributed by atoms with E-state index in [1.165, 1.54) is 7.11 Å². The fourth-order valence-electron chi connectivity index (χ4n) is 3.12. The van der Waals surface area contributed by atoms with Crippen LogP contribution in [0.15, 0.2) is 35.1 Å². The Morgan fingerprint density at radius 3 is 2.53 bits per heavy atom. The van der Waals surface area contributed by atoms with Crippen molar-refractivity contribution in [3.63, 3.8) is 0 Å². The Kier molecular flexibility index (Phi) is 5.91. The summed E-state index contributed by atoms with van der Waals surface area (Å²) in [6.07, 6.45) is -5.99. The highest BCUT2D eigenvalue weighted by Crippen LogP contribution is 2.31. The monoisotopic (exact) mass is 420 g/mol. The first-order chi connectivity index (χ1) is 14.2. The maximum absolute atomic E-state index is 13.3. The number of hydrogen-bond donors (Lipinski definition) is 1.